The molecule has 17 heavy (non-hydrogen) atoms. The van der Waals surface area contributed by atoms with E-state index in [1.807, 2.05) is 24.3 Å². The second-order valence-corrected chi connectivity index (χ2v) is 4.71. The molecule has 1 unspecified atom stereocenters. The van der Waals surface area contributed by atoms with Crippen LogP contribution in [0.5, 0.6) is 5.75 Å². The van der Waals surface area contributed by atoms with Crippen LogP contribution in [0.2, 0.25) is 0 Å². The van der Waals surface area contributed by atoms with Crippen molar-refractivity contribution in [2.45, 2.75) is 12.5 Å². The number of carbonyl (C=O) groups excluding carboxylic acids is 1. The predicted octanol–water partition coefficient (Wildman–Crippen LogP) is 0.441. The Bertz CT molecular complexity index is 415. The Hall–Kier alpha value is -1.55. The Morgan fingerprint density at radius 2 is 2.18 bits per heavy atom. The molecule has 4 nitrogen and oxygen atoms in total. The van der Waals surface area contributed by atoms with Crippen LogP contribution in [0, 0.1) is 5.92 Å². The van der Waals surface area contributed by atoms with Gasteiger partial charge in [0.15, 0.2) is 6.10 Å². The number of hydrogen-bond donors (Lipinski definition) is 1. The Morgan fingerprint density at radius 1 is 1.41 bits per heavy atom. The summed E-state index contributed by atoms with van der Waals surface area (Å²) < 4.78 is 5.64. The molecule has 1 amide bonds. The molecule has 0 aliphatic carbocycles. The fourth-order valence-corrected chi connectivity index (χ4v) is 2.39. The van der Waals surface area contributed by atoms with Gasteiger partial charge >= 0.3 is 0 Å². The van der Waals surface area contributed by atoms with Crippen LogP contribution in [0.4, 0.5) is 0 Å². The maximum absolute atomic E-state index is 12.1. The summed E-state index contributed by atoms with van der Waals surface area (Å²) in [6.07, 6.45) is 0.294. The zero-order chi connectivity index (χ0) is 11.8. The summed E-state index contributed by atoms with van der Waals surface area (Å²) in [5.41, 5.74) is 1.10. The highest BCUT2D eigenvalue weighted by Crippen LogP contribution is 2.30. The molecule has 0 radical (unpaired) electrons. The van der Waals surface area contributed by atoms with E-state index in [1.54, 1.807) is 4.90 Å². The van der Waals surface area contributed by atoms with Crippen molar-refractivity contribution in [1.82, 2.24) is 4.90 Å². The van der Waals surface area contributed by atoms with Crippen LogP contribution in [-0.4, -0.2) is 41.7 Å². The monoisotopic (exact) mass is 233 g/mol. The van der Waals surface area contributed by atoms with Crippen molar-refractivity contribution >= 4 is 5.91 Å². The normalized spacial score (nSPS) is 22.9. The zero-order valence-corrected chi connectivity index (χ0v) is 9.50. The lowest BCUT2D eigenvalue weighted by Gasteiger charge is -2.39. The van der Waals surface area contributed by atoms with Crippen LogP contribution in [0.3, 0.4) is 0 Å². The van der Waals surface area contributed by atoms with E-state index in [-0.39, 0.29) is 24.5 Å². The number of nitrogens with zero attached hydrogens (tertiary/aromatic N) is 1. The number of carbonyl (C=O) groups is 1. The lowest BCUT2D eigenvalue weighted by molar-refractivity contribution is -0.145. The molecule has 4 heteroatoms. The van der Waals surface area contributed by atoms with Gasteiger partial charge in [0, 0.05) is 32.0 Å². The SMILES string of the molecule is O=C(C1Cc2ccccc2O1)N1CC(CO)C1. The first kappa shape index (κ1) is 10.6. The van der Waals surface area contributed by atoms with Crippen molar-refractivity contribution in [2.24, 2.45) is 5.92 Å². The first-order chi connectivity index (χ1) is 8.28. The summed E-state index contributed by atoms with van der Waals surface area (Å²) in [5.74, 6) is 1.12. The van der Waals surface area contributed by atoms with Gasteiger partial charge in [0.2, 0.25) is 0 Å². The summed E-state index contributed by atoms with van der Waals surface area (Å²) in [7, 11) is 0. The quantitative estimate of drug-likeness (QED) is 0.806. The predicted molar refractivity (Wildman–Crippen MR) is 61.7 cm³/mol. The van der Waals surface area contributed by atoms with E-state index in [4.69, 9.17) is 9.84 Å². The van der Waals surface area contributed by atoms with Crippen LogP contribution in [0.1, 0.15) is 5.56 Å². The molecule has 1 saturated heterocycles. The fraction of sp³-hybridized carbons (Fsp3) is 0.462. The largest absolute Gasteiger partial charge is 0.480 e. The third-order valence-corrected chi connectivity index (χ3v) is 3.45. The van der Waals surface area contributed by atoms with E-state index in [9.17, 15) is 4.79 Å². The molecule has 2 aliphatic rings. The van der Waals surface area contributed by atoms with Crippen LogP contribution < -0.4 is 4.74 Å². The Labute approximate surface area is 99.8 Å². The minimum Gasteiger partial charge on any atom is -0.480 e. The van der Waals surface area contributed by atoms with E-state index < -0.39 is 0 Å². The van der Waals surface area contributed by atoms with Gasteiger partial charge in [0.05, 0.1) is 0 Å². The minimum atomic E-state index is -0.368. The lowest BCUT2D eigenvalue weighted by atomic mass is 9.99. The number of benzene rings is 1. The first-order valence-corrected chi connectivity index (χ1v) is 5.92. The van der Waals surface area contributed by atoms with Gasteiger partial charge in [-0.3, -0.25) is 4.79 Å². The van der Waals surface area contributed by atoms with Gasteiger partial charge in [-0.05, 0) is 11.6 Å². The second-order valence-electron chi connectivity index (χ2n) is 4.71. The number of para-hydroxylation sites is 1. The third-order valence-electron chi connectivity index (χ3n) is 3.45. The smallest absolute Gasteiger partial charge is 0.264 e. The highest BCUT2D eigenvalue weighted by molar-refractivity contribution is 5.83. The topological polar surface area (TPSA) is 49.8 Å². The summed E-state index contributed by atoms with van der Waals surface area (Å²) in [6, 6.07) is 7.77. The highest BCUT2D eigenvalue weighted by Gasteiger charge is 2.37. The molecular weight excluding hydrogens is 218 g/mol. The minimum absolute atomic E-state index is 0.0471. The molecule has 90 valence electrons. The number of hydrogen-bond acceptors (Lipinski definition) is 3. The van der Waals surface area contributed by atoms with Gasteiger partial charge in [-0.25, -0.2) is 0 Å². The molecule has 3 rings (SSSR count). The molecule has 1 N–H and O–H groups in total. The molecule has 1 aromatic rings. The van der Waals surface area contributed by atoms with Gasteiger partial charge in [0.25, 0.3) is 5.91 Å². The van der Waals surface area contributed by atoms with Crippen molar-refractivity contribution in [3.8, 4) is 5.75 Å². The number of aliphatic hydroxyl groups excluding tert-OH is 1. The van der Waals surface area contributed by atoms with E-state index in [1.165, 1.54) is 0 Å². The standard InChI is InChI=1S/C13H15NO3/c15-8-9-6-14(7-9)13(16)12-5-10-3-1-2-4-11(10)17-12/h1-4,9,12,15H,5-8H2. The van der Waals surface area contributed by atoms with Crippen LogP contribution in [0.15, 0.2) is 24.3 Å². The molecule has 0 spiro atoms. The van der Waals surface area contributed by atoms with Crippen molar-refractivity contribution in [2.75, 3.05) is 19.7 Å². The number of fused-ring (bicyclic) bond motifs is 1. The number of likely N-dealkylation sites (tertiary alicyclic amines) is 1. The van der Waals surface area contributed by atoms with E-state index >= 15 is 0 Å². The lowest BCUT2D eigenvalue weighted by Crippen LogP contribution is -2.55. The average Bonchev–Trinajstić information content (AvgIpc) is 2.71. The maximum atomic E-state index is 12.1. The van der Waals surface area contributed by atoms with Crippen LogP contribution in [0.25, 0.3) is 0 Å². The Morgan fingerprint density at radius 3 is 2.88 bits per heavy atom. The third kappa shape index (κ3) is 1.78. The van der Waals surface area contributed by atoms with Crippen molar-refractivity contribution < 1.29 is 14.6 Å². The van der Waals surface area contributed by atoms with E-state index in [0.29, 0.717) is 19.5 Å². The molecule has 2 aliphatic heterocycles. The van der Waals surface area contributed by atoms with Crippen LogP contribution >= 0.6 is 0 Å². The number of rotatable bonds is 2. The Kier molecular flexibility index (Phi) is 2.52. The second kappa shape index (κ2) is 4.04. The van der Waals surface area contributed by atoms with Crippen LogP contribution in [-0.2, 0) is 11.2 Å². The van der Waals surface area contributed by atoms with Gasteiger partial charge in [-0.1, -0.05) is 18.2 Å². The van der Waals surface area contributed by atoms with Gasteiger partial charge in [-0.2, -0.15) is 0 Å². The Balaban J connectivity index is 1.63. The maximum Gasteiger partial charge on any atom is 0.264 e. The summed E-state index contributed by atoms with van der Waals surface area (Å²) in [5, 5.41) is 8.92. The van der Waals surface area contributed by atoms with E-state index in [0.717, 1.165) is 11.3 Å². The van der Waals surface area contributed by atoms with Gasteiger partial charge in [-0.15, -0.1) is 0 Å². The average molecular weight is 233 g/mol. The summed E-state index contributed by atoms with van der Waals surface area (Å²) in [4.78, 5) is 13.8. The molecular formula is C13H15NO3. The molecule has 0 aromatic heterocycles. The number of aliphatic hydroxyl groups is 1. The highest BCUT2D eigenvalue weighted by atomic mass is 16.5. The van der Waals surface area contributed by atoms with Crippen molar-refractivity contribution in [3.05, 3.63) is 29.8 Å². The molecule has 2 heterocycles. The number of ether oxygens (including phenoxy) is 1. The molecule has 1 aromatic carbocycles. The van der Waals surface area contributed by atoms with Crippen molar-refractivity contribution in [1.29, 1.82) is 0 Å². The molecule has 1 fully saturated rings. The van der Waals surface area contributed by atoms with Gasteiger partial charge < -0.3 is 14.7 Å². The summed E-state index contributed by atoms with van der Waals surface area (Å²) >= 11 is 0. The van der Waals surface area contributed by atoms with Crippen molar-refractivity contribution in [3.63, 3.8) is 0 Å². The summed E-state index contributed by atoms with van der Waals surface area (Å²) in [6.45, 7) is 1.48. The first-order valence-electron chi connectivity index (χ1n) is 5.92. The van der Waals surface area contributed by atoms with Gasteiger partial charge in [0.1, 0.15) is 5.75 Å². The fourth-order valence-electron chi connectivity index (χ4n) is 2.39. The molecule has 0 saturated carbocycles. The van der Waals surface area contributed by atoms with E-state index in [2.05, 4.69) is 0 Å². The molecule has 1 atom stereocenters. The molecule has 0 bridgehead atoms. The zero-order valence-electron chi connectivity index (χ0n) is 9.50. The number of amides is 1.